The summed E-state index contributed by atoms with van der Waals surface area (Å²) in [4.78, 5) is 35.0. The average Bonchev–Trinajstić information content (AvgIpc) is 3.17. The number of rotatable bonds is 7. The van der Waals surface area contributed by atoms with Crippen molar-refractivity contribution in [2.75, 3.05) is 17.7 Å². The number of hydrogen-bond acceptors (Lipinski definition) is 8. The van der Waals surface area contributed by atoms with E-state index in [9.17, 15) is 9.59 Å². The lowest BCUT2D eigenvalue weighted by atomic mass is 10.1. The standard InChI is InChI=1S/C18H20N6O4/c19-18-22-16(21-11-2-3-11)15-17(23-18)24(9-20-15)12-4-1-10(7-12)8-28-14(27)6-5-13(25)26/h1,4-6,9-12H,2-3,7-8H2,(H,25,26)(H3,19,21,22,23)/t10-,12+/m1/s1. The van der Waals surface area contributed by atoms with Gasteiger partial charge in [-0.25, -0.2) is 14.6 Å². The molecular formula is C18H20N6O4. The SMILES string of the molecule is Nc1nc(NC2CC2)c2ncn([C@H]3C=C[C@@H](COC(=O)C=CC(=O)O)C3)c2n1. The van der Waals surface area contributed by atoms with Crippen LogP contribution in [-0.2, 0) is 14.3 Å². The maximum absolute atomic E-state index is 11.5. The summed E-state index contributed by atoms with van der Waals surface area (Å²) in [6.07, 6.45) is 10.3. The number of nitrogen functional groups attached to an aromatic ring is 1. The Labute approximate surface area is 160 Å². The van der Waals surface area contributed by atoms with E-state index in [4.69, 9.17) is 15.6 Å². The summed E-state index contributed by atoms with van der Waals surface area (Å²) < 4.78 is 7.04. The number of allylic oxidation sites excluding steroid dienone is 1. The fourth-order valence-corrected chi connectivity index (χ4v) is 3.16. The first-order valence-corrected chi connectivity index (χ1v) is 9.02. The lowest BCUT2D eigenvalue weighted by molar-refractivity contribution is -0.139. The van der Waals surface area contributed by atoms with Gasteiger partial charge in [0.2, 0.25) is 5.95 Å². The Bertz CT molecular complexity index is 978. The maximum atomic E-state index is 11.5. The quantitative estimate of drug-likeness (QED) is 0.365. The van der Waals surface area contributed by atoms with Gasteiger partial charge in [0.05, 0.1) is 19.0 Å². The first-order chi connectivity index (χ1) is 13.5. The van der Waals surface area contributed by atoms with Crippen LogP contribution < -0.4 is 11.1 Å². The third kappa shape index (κ3) is 3.95. The second-order valence-corrected chi connectivity index (χ2v) is 6.92. The molecule has 0 aliphatic heterocycles. The van der Waals surface area contributed by atoms with Crippen LogP contribution in [0, 0.1) is 5.92 Å². The molecule has 4 rings (SSSR count). The maximum Gasteiger partial charge on any atom is 0.331 e. The number of fused-ring (bicyclic) bond motifs is 1. The van der Waals surface area contributed by atoms with E-state index in [0.717, 1.165) is 25.0 Å². The van der Waals surface area contributed by atoms with Crippen LogP contribution in [0.15, 0.2) is 30.6 Å². The molecule has 2 aromatic rings. The van der Waals surface area contributed by atoms with Gasteiger partial charge >= 0.3 is 11.9 Å². The van der Waals surface area contributed by atoms with E-state index >= 15 is 0 Å². The molecule has 2 aromatic heterocycles. The summed E-state index contributed by atoms with van der Waals surface area (Å²) >= 11 is 0. The Morgan fingerprint density at radius 1 is 1.32 bits per heavy atom. The zero-order chi connectivity index (χ0) is 19.7. The van der Waals surface area contributed by atoms with E-state index in [-0.39, 0.29) is 24.5 Å². The minimum atomic E-state index is -1.19. The van der Waals surface area contributed by atoms with Gasteiger partial charge < -0.3 is 25.5 Å². The number of carbonyl (C=O) groups is 2. The highest BCUT2D eigenvalue weighted by Gasteiger charge is 2.26. The number of hydrogen-bond donors (Lipinski definition) is 3. The summed E-state index contributed by atoms with van der Waals surface area (Å²) in [7, 11) is 0. The highest BCUT2D eigenvalue weighted by molar-refractivity contribution is 5.90. The van der Waals surface area contributed by atoms with E-state index < -0.39 is 11.9 Å². The van der Waals surface area contributed by atoms with Crippen LogP contribution >= 0.6 is 0 Å². The van der Waals surface area contributed by atoms with Gasteiger partial charge in [-0.2, -0.15) is 9.97 Å². The largest absolute Gasteiger partial charge is 0.478 e. The fourth-order valence-electron chi connectivity index (χ4n) is 3.16. The average molecular weight is 384 g/mol. The molecule has 0 saturated heterocycles. The lowest BCUT2D eigenvalue weighted by Crippen LogP contribution is -2.13. The van der Waals surface area contributed by atoms with Crippen molar-refractivity contribution < 1.29 is 19.4 Å². The van der Waals surface area contributed by atoms with Crippen LogP contribution in [0.4, 0.5) is 11.8 Å². The summed E-state index contributed by atoms with van der Waals surface area (Å²) in [5.41, 5.74) is 7.22. The predicted molar refractivity (Wildman–Crippen MR) is 100 cm³/mol. The Hall–Kier alpha value is -3.43. The van der Waals surface area contributed by atoms with Crippen LogP contribution in [0.3, 0.4) is 0 Å². The van der Waals surface area contributed by atoms with Gasteiger partial charge in [-0.1, -0.05) is 12.2 Å². The molecule has 0 aromatic carbocycles. The number of aromatic nitrogens is 4. The Balaban J connectivity index is 1.43. The van der Waals surface area contributed by atoms with Crippen LogP contribution in [0.1, 0.15) is 25.3 Å². The smallest absolute Gasteiger partial charge is 0.331 e. The van der Waals surface area contributed by atoms with Crippen LogP contribution in [0.5, 0.6) is 0 Å². The number of ether oxygens (including phenoxy) is 1. The van der Waals surface area contributed by atoms with Gasteiger partial charge in [-0.3, -0.25) is 0 Å². The minimum absolute atomic E-state index is 0.00587. The zero-order valence-electron chi connectivity index (χ0n) is 15.0. The monoisotopic (exact) mass is 384 g/mol. The Morgan fingerprint density at radius 3 is 2.89 bits per heavy atom. The van der Waals surface area contributed by atoms with E-state index in [2.05, 4.69) is 20.3 Å². The predicted octanol–water partition coefficient (Wildman–Crippen LogP) is 1.28. The van der Waals surface area contributed by atoms with Crippen molar-refractivity contribution in [1.82, 2.24) is 19.5 Å². The summed E-state index contributed by atoms with van der Waals surface area (Å²) in [5, 5.41) is 11.9. The number of nitrogens with zero attached hydrogens (tertiary/aromatic N) is 4. The normalized spacial score (nSPS) is 21.4. The molecule has 2 aliphatic carbocycles. The van der Waals surface area contributed by atoms with E-state index in [1.165, 1.54) is 0 Å². The second-order valence-electron chi connectivity index (χ2n) is 6.92. The first kappa shape index (κ1) is 18.0. The van der Waals surface area contributed by atoms with Crippen molar-refractivity contribution >= 4 is 34.9 Å². The van der Waals surface area contributed by atoms with E-state index in [1.807, 2.05) is 16.7 Å². The molecule has 146 valence electrons. The highest BCUT2D eigenvalue weighted by atomic mass is 16.5. The number of anilines is 2. The van der Waals surface area contributed by atoms with Crippen molar-refractivity contribution in [2.24, 2.45) is 5.92 Å². The van der Waals surface area contributed by atoms with E-state index in [0.29, 0.717) is 29.4 Å². The second kappa shape index (κ2) is 7.29. The summed E-state index contributed by atoms with van der Waals surface area (Å²) in [6.45, 7) is 0.175. The van der Waals surface area contributed by atoms with Gasteiger partial charge in [0, 0.05) is 24.1 Å². The number of nitrogens with one attached hydrogen (secondary N) is 1. The molecular weight excluding hydrogens is 364 g/mol. The van der Waals surface area contributed by atoms with Crippen molar-refractivity contribution in [3.8, 4) is 0 Å². The van der Waals surface area contributed by atoms with Crippen molar-refractivity contribution in [3.63, 3.8) is 0 Å². The molecule has 2 atom stereocenters. The van der Waals surface area contributed by atoms with Crippen molar-refractivity contribution in [3.05, 3.63) is 30.6 Å². The molecule has 0 amide bonds. The number of esters is 1. The molecule has 2 aliphatic rings. The summed E-state index contributed by atoms with van der Waals surface area (Å²) in [6, 6.07) is 0.426. The van der Waals surface area contributed by atoms with Gasteiger partial charge in [-0.05, 0) is 19.3 Å². The third-order valence-corrected chi connectivity index (χ3v) is 4.67. The molecule has 28 heavy (non-hydrogen) atoms. The topological polar surface area (TPSA) is 145 Å². The molecule has 4 N–H and O–H groups in total. The Morgan fingerprint density at radius 2 is 2.14 bits per heavy atom. The number of imidazole rings is 1. The lowest BCUT2D eigenvalue weighted by Gasteiger charge is -2.14. The molecule has 0 unspecified atom stereocenters. The fraction of sp³-hybridized carbons (Fsp3) is 0.389. The molecule has 0 radical (unpaired) electrons. The van der Waals surface area contributed by atoms with Gasteiger partial charge in [0.25, 0.3) is 0 Å². The molecule has 1 fully saturated rings. The van der Waals surface area contributed by atoms with Gasteiger partial charge in [0.1, 0.15) is 0 Å². The first-order valence-electron chi connectivity index (χ1n) is 9.02. The molecule has 10 nitrogen and oxygen atoms in total. The Kier molecular flexibility index (Phi) is 4.68. The van der Waals surface area contributed by atoms with Gasteiger partial charge in [0.15, 0.2) is 17.0 Å². The number of aliphatic carboxylic acids is 1. The number of nitrogens with two attached hydrogens (primary N) is 1. The number of carbonyl (C=O) groups excluding carboxylic acids is 1. The van der Waals surface area contributed by atoms with Crippen LogP contribution in [0.25, 0.3) is 11.2 Å². The van der Waals surface area contributed by atoms with Crippen LogP contribution in [0.2, 0.25) is 0 Å². The third-order valence-electron chi connectivity index (χ3n) is 4.67. The number of carboxylic acids is 1. The van der Waals surface area contributed by atoms with Gasteiger partial charge in [-0.15, -0.1) is 0 Å². The number of carboxylic acid groups (broad SMARTS) is 1. The summed E-state index contributed by atoms with van der Waals surface area (Å²) in [5.74, 6) is -1.01. The molecule has 10 heteroatoms. The highest BCUT2D eigenvalue weighted by Crippen LogP contribution is 2.33. The molecule has 0 bridgehead atoms. The zero-order valence-corrected chi connectivity index (χ0v) is 15.0. The molecule has 0 spiro atoms. The van der Waals surface area contributed by atoms with Crippen molar-refractivity contribution in [2.45, 2.75) is 31.3 Å². The molecule has 1 saturated carbocycles. The minimum Gasteiger partial charge on any atom is -0.478 e. The van der Waals surface area contributed by atoms with E-state index in [1.54, 1.807) is 6.33 Å². The van der Waals surface area contributed by atoms with Crippen molar-refractivity contribution in [1.29, 1.82) is 0 Å². The van der Waals surface area contributed by atoms with Crippen LogP contribution in [-0.4, -0.2) is 49.2 Å². The molecule has 2 heterocycles.